The summed E-state index contributed by atoms with van der Waals surface area (Å²) >= 11 is 0. The van der Waals surface area contributed by atoms with Crippen LogP contribution in [0.25, 0.3) is 0 Å². The van der Waals surface area contributed by atoms with Gasteiger partial charge in [-0.15, -0.1) is 0 Å². The molecule has 3 aliphatic rings. The lowest BCUT2D eigenvalue weighted by atomic mass is 9.74. The maximum Gasteiger partial charge on any atom is 0.238 e. The average molecular weight is 399 g/mol. The van der Waals surface area contributed by atoms with Crippen LogP contribution in [0.15, 0.2) is 18.2 Å². The van der Waals surface area contributed by atoms with E-state index in [9.17, 15) is 14.4 Å². The van der Waals surface area contributed by atoms with E-state index in [1.165, 1.54) is 0 Å². The average Bonchev–Trinajstić information content (AvgIpc) is 3.34. The molecule has 29 heavy (non-hydrogen) atoms. The van der Waals surface area contributed by atoms with Crippen LogP contribution < -0.4 is 10.6 Å². The van der Waals surface area contributed by atoms with Crippen LogP contribution in [0.4, 0.5) is 4.39 Å². The van der Waals surface area contributed by atoms with Gasteiger partial charge in [0, 0.05) is 12.5 Å². The van der Waals surface area contributed by atoms with Crippen molar-refractivity contribution in [3.63, 3.8) is 0 Å². The van der Waals surface area contributed by atoms with E-state index in [-0.39, 0.29) is 29.6 Å². The molecule has 4 rings (SSSR count). The van der Waals surface area contributed by atoms with Gasteiger partial charge >= 0.3 is 0 Å². The Morgan fingerprint density at radius 2 is 2.17 bits per heavy atom. The van der Waals surface area contributed by atoms with Gasteiger partial charge in [-0.25, -0.2) is 4.39 Å². The predicted molar refractivity (Wildman–Crippen MR) is 110 cm³/mol. The number of carbonyl (C=O) groups is 1. The van der Waals surface area contributed by atoms with Crippen molar-refractivity contribution in [3.05, 3.63) is 35.1 Å². The van der Waals surface area contributed by atoms with Crippen molar-refractivity contribution in [1.82, 2.24) is 15.5 Å². The zero-order valence-corrected chi connectivity index (χ0v) is 17.4. The topological polar surface area (TPSA) is 68.2 Å². The van der Waals surface area contributed by atoms with E-state index in [1.807, 2.05) is 6.07 Å². The summed E-state index contributed by atoms with van der Waals surface area (Å²) in [6, 6.07) is 7.06. The Morgan fingerprint density at radius 3 is 2.76 bits per heavy atom. The van der Waals surface area contributed by atoms with Crippen LogP contribution in [0.3, 0.4) is 0 Å². The van der Waals surface area contributed by atoms with E-state index < -0.39 is 6.04 Å². The molecule has 1 aromatic rings. The molecule has 3 fully saturated rings. The molecule has 3 unspecified atom stereocenters. The SMILES string of the molecule is CN1CCC(C)(c2ccc(C[C@@H](C#N)NC(=O)C3NC4CCC3C4)c(F)c2)CC1. The second-order valence-electron chi connectivity index (χ2n) is 9.48. The Balaban J connectivity index is 1.40. The van der Waals surface area contributed by atoms with E-state index in [4.69, 9.17) is 0 Å². The highest BCUT2D eigenvalue weighted by atomic mass is 19.1. The number of halogens is 1. The number of hydrogen-bond acceptors (Lipinski definition) is 4. The molecule has 1 amide bonds. The van der Waals surface area contributed by atoms with Crippen molar-refractivity contribution in [2.24, 2.45) is 5.92 Å². The zero-order valence-electron chi connectivity index (χ0n) is 17.4. The van der Waals surface area contributed by atoms with Crippen molar-refractivity contribution in [3.8, 4) is 6.07 Å². The highest BCUT2D eigenvalue weighted by molar-refractivity contribution is 5.83. The quantitative estimate of drug-likeness (QED) is 0.800. The van der Waals surface area contributed by atoms with Crippen molar-refractivity contribution >= 4 is 5.91 Å². The molecule has 6 heteroatoms. The second kappa shape index (κ2) is 8.04. The normalized spacial score (nSPS) is 29.4. The molecule has 2 heterocycles. The van der Waals surface area contributed by atoms with Crippen molar-refractivity contribution in [1.29, 1.82) is 5.26 Å². The van der Waals surface area contributed by atoms with E-state index in [0.29, 0.717) is 17.5 Å². The molecule has 2 N–H and O–H groups in total. The Labute approximate surface area is 172 Å². The number of carbonyl (C=O) groups excluding carboxylic acids is 1. The molecule has 4 atom stereocenters. The smallest absolute Gasteiger partial charge is 0.238 e. The molecular formula is C23H31FN4O. The predicted octanol–water partition coefficient (Wildman–Crippen LogP) is 2.50. The molecule has 2 bridgehead atoms. The summed E-state index contributed by atoms with van der Waals surface area (Å²) < 4.78 is 14.9. The van der Waals surface area contributed by atoms with Gasteiger partial charge in [0.2, 0.25) is 5.91 Å². The van der Waals surface area contributed by atoms with Crippen LogP contribution in [0.1, 0.15) is 50.2 Å². The molecule has 2 saturated heterocycles. The van der Waals surface area contributed by atoms with Gasteiger partial charge in [-0.05, 0) is 80.8 Å². The number of benzene rings is 1. The van der Waals surface area contributed by atoms with Gasteiger partial charge in [0.25, 0.3) is 0 Å². The van der Waals surface area contributed by atoms with Gasteiger partial charge < -0.3 is 15.5 Å². The Bertz CT molecular complexity index is 812. The summed E-state index contributed by atoms with van der Waals surface area (Å²) in [5, 5.41) is 15.7. The molecular weight excluding hydrogens is 367 g/mol. The van der Waals surface area contributed by atoms with Crippen LogP contribution in [0.2, 0.25) is 0 Å². The van der Waals surface area contributed by atoms with Gasteiger partial charge in [-0.3, -0.25) is 4.79 Å². The number of nitrogens with one attached hydrogen (secondary N) is 2. The van der Waals surface area contributed by atoms with Crippen LogP contribution in [-0.2, 0) is 16.6 Å². The summed E-state index contributed by atoms with van der Waals surface area (Å²) in [5.41, 5.74) is 1.50. The fraction of sp³-hybridized carbons (Fsp3) is 0.652. The van der Waals surface area contributed by atoms with Gasteiger partial charge in [0.15, 0.2) is 0 Å². The highest BCUT2D eigenvalue weighted by Gasteiger charge is 2.43. The van der Waals surface area contributed by atoms with E-state index in [2.05, 4.69) is 35.6 Å². The van der Waals surface area contributed by atoms with Crippen LogP contribution in [0, 0.1) is 23.1 Å². The number of piperidine rings is 2. The maximum absolute atomic E-state index is 14.9. The van der Waals surface area contributed by atoms with E-state index >= 15 is 0 Å². The molecule has 2 aliphatic heterocycles. The molecule has 5 nitrogen and oxygen atoms in total. The first-order valence-corrected chi connectivity index (χ1v) is 10.8. The fourth-order valence-corrected chi connectivity index (χ4v) is 5.25. The van der Waals surface area contributed by atoms with Gasteiger partial charge in [-0.1, -0.05) is 19.1 Å². The highest BCUT2D eigenvalue weighted by Crippen LogP contribution is 2.36. The van der Waals surface area contributed by atoms with Crippen molar-refractivity contribution < 1.29 is 9.18 Å². The largest absolute Gasteiger partial charge is 0.339 e. The molecule has 1 aliphatic carbocycles. The molecule has 0 aromatic heterocycles. The maximum atomic E-state index is 14.9. The van der Waals surface area contributed by atoms with Gasteiger partial charge in [0.1, 0.15) is 11.9 Å². The molecule has 0 radical (unpaired) electrons. The number of amides is 1. The number of hydrogen-bond donors (Lipinski definition) is 2. The molecule has 1 saturated carbocycles. The minimum atomic E-state index is -0.720. The Kier molecular flexibility index (Phi) is 5.63. The summed E-state index contributed by atoms with van der Waals surface area (Å²) in [6.45, 7) is 4.23. The first kappa shape index (κ1) is 20.3. The van der Waals surface area contributed by atoms with E-state index in [1.54, 1.807) is 12.1 Å². The summed E-state index contributed by atoms with van der Waals surface area (Å²) in [6.07, 6.45) is 5.44. The third-order valence-corrected chi connectivity index (χ3v) is 7.38. The van der Waals surface area contributed by atoms with Crippen molar-refractivity contribution in [2.75, 3.05) is 20.1 Å². The molecule has 0 spiro atoms. The summed E-state index contributed by atoms with van der Waals surface area (Å²) in [7, 11) is 2.12. The second-order valence-corrected chi connectivity index (χ2v) is 9.48. The lowest BCUT2D eigenvalue weighted by molar-refractivity contribution is -0.124. The number of fused-ring (bicyclic) bond motifs is 2. The van der Waals surface area contributed by atoms with Crippen LogP contribution in [-0.4, -0.2) is 49.1 Å². The molecule has 156 valence electrons. The van der Waals surface area contributed by atoms with Crippen molar-refractivity contribution in [2.45, 2.75) is 69.0 Å². The fourth-order valence-electron chi connectivity index (χ4n) is 5.25. The third kappa shape index (κ3) is 4.17. The number of likely N-dealkylation sites (tertiary alicyclic amines) is 1. The Morgan fingerprint density at radius 1 is 1.41 bits per heavy atom. The number of nitrogens with zero attached hydrogens (tertiary/aromatic N) is 2. The first-order valence-electron chi connectivity index (χ1n) is 10.8. The van der Waals surface area contributed by atoms with Crippen LogP contribution >= 0.6 is 0 Å². The first-order chi connectivity index (χ1) is 13.9. The van der Waals surface area contributed by atoms with Crippen LogP contribution in [0.5, 0.6) is 0 Å². The standard InChI is InChI=1S/C23H31FN4O/c1-23(7-9-28(2)10-8-23)17-5-3-15(20(24)13-17)11-19(14-25)27-22(29)21-16-4-6-18(12-16)26-21/h3,5,13,16,18-19,21,26H,4,6-12H2,1-2H3,(H,27,29)/t16?,18?,19-,21?/m0/s1. The lowest BCUT2D eigenvalue weighted by Gasteiger charge is -2.38. The lowest BCUT2D eigenvalue weighted by Crippen LogP contribution is -2.50. The number of rotatable bonds is 5. The minimum absolute atomic E-state index is 0.0117. The summed E-state index contributed by atoms with van der Waals surface area (Å²) in [4.78, 5) is 14.9. The summed E-state index contributed by atoms with van der Waals surface area (Å²) in [5.74, 6) is -0.0412. The van der Waals surface area contributed by atoms with Gasteiger partial charge in [0.05, 0.1) is 12.1 Å². The zero-order chi connectivity index (χ0) is 20.6. The van der Waals surface area contributed by atoms with Gasteiger partial charge in [-0.2, -0.15) is 5.26 Å². The minimum Gasteiger partial charge on any atom is -0.339 e. The molecule has 1 aromatic carbocycles. The Hall–Kier alpha value is -1.97. The third-order valence-electron chi connectivity index (χ3n) is 7.38. The monoisotopic (exact) mass is 398 g/mol. The van der Waals surface area contributed by atoms with E-state index in [0.717, 1.165) is 50.8 Å². The number of nitriles is 1.